The van der Waals surface area contributed by atoms with Crippen molar-refractivity contribution in [2.75, 3.05) is 57.3 Å². The van der Waals surface area contributed by atoms with E-state index in [4.69, 9.17) is 4.98 Å². The average Bonchev–Trinajstić information content (AvgIpc) is 2.55. The summed E-state index contributed by atoms with van der Waals surface area (Å²) in [4.78, 5) is 11.5. The van der Waals surface area contributed by atoms with E-state index in [1.807, 2.05) is 30.5 Å². The minimum Gasteiger partial charge on any atom is -0.338 e. The van der Waals surface area contributed by atoms with Crippen molar-refractivity contribution in [3.63, 3.8) is 0 Å². The van der Waals surface area contributed by atoms with Gasteiger partial charge in [-0.25, -0.2) is 9.97 Å². The minimum absolute atomic E-state index is 0.817. The zero-order valence-electron chi connectivity index (χ0n) is 12.9. The average molecular weight is 300 g/mol. The van der Waals surface area contributed by atoms with Crippen molar-refractivity contribution in [1.82, 2.24) is 25.9 Å². The van der Waals surface area contributed by atoms with Crippen LogP contribution in [0.1, 0.15) is 0 Å². The van der Waals surface area contributed by atoms with E-state index in [0.29, 0.717) is 0 Å². The molecule has 0 aliphatic carbocycles. The van der Waals surface area contributed by atoms with Crippen LogP contribution in [0, 0.1) is 0 Å². The summed E-state index contributed by atoms with van der Waals surface area (Å²) < 4.78 is 0. The van der Waals surface area contributed by atoms with Gasteiger partial charge in [0.15, 0.2) is 0 Å². The van der Waals surface area contributed by atoms with Gasteiger partial charge in [-0.3, -0.25) is 0 Å². The maximum atomic E-state index is 4.71. The number of nitrogens with zero attached hydrogens (tertiary/aromatic N) is 3. The topological polar surface area (TPSA) is 65.1 Å². The first-order valence-corrected chi connectivity index (χ1v) is 8.02. The zero-order valence-corrected chi connectivity index (χ0v) is 12.9. The SMILES string of the molecule is c1ccc2nc(N3CCNCCNCCNCC3)ncc2c1. The van der Waals surface area contributed by atoms with Gasteiger partial charge in [0.25, 0.3) is 0 Å². The smallest absolute Gasteiger partial charge is 0.225 e. The lowest BCUT2D eigenvalue weighted by molar-refractivity contribution is 0.555. The maximum Gasteiger partial charge on any atom is 0.225 e. The number of para-hydroxylation sites is 1. The van der Waals surface area contributed by atoms with Crippen LogP contribution in [-0.2, 0) is 0 Å². The fraction of sp³-hybridized carbons (Fsp3) is 0.500. The summed E-state index contributed by atoms with van der Waals surface area (Å²) in [6.07, 6.45) is 1.92. The second-order valence-corrected chi connectivity index (χ2v) is 5.47. The van der Waals surface area contributed by atoms with Gasteiger partial charge in [-0.15, -0.1) is 0 Å². The molecule has 0 atom stereocenters. The Morgan fingerprint density at radius 3 is 2.18 bits per heavy atom. The number of rotatable bonds is 1. The molecule has 1 aromatic heterocycles. The van der Waals surface area contributed by atoms with Gasteiger partial charge < -0.3 is 20.9 Å². The lowest BCUT2D eigenvalue weighted by Crippen LogP contribution is -2.42. The third kappa shape index (κ3) is 4.13. The zero-order chi connectivity index (χ0) is 15.0. The first kappa shape index (κ1) is 15.1. The number of fused-ring (bicyclic) bond motifs is 1. The second kappa shape index (κ2) is 8.03. The van der Waals surface area contributed by atoms with Crippen molar-refractivity contribution < 1.29 is 0 Å². The van der Waals surface area contributed by atoms with Crippen molar-refractivity contribution in [3.05, 3.63) is 30.5 Å². The lowest BCUT2D eigenvalue weighted by atomic mass is 10.2. The molecule has 1 aromatic carbocycles. The highest BCUT2D eigenvalue weighted by atomic mass is 15.3. The monoisotopic (exact) mass is 300 g/mol. The van der Waals surface area contributed by atoms with Crippen LogP contribution in [0.4, 0.5) is 5.95 Å². The van der Waals surface area contributed by atoms with Crippen LogP contribution in [0.3, 0.4) is 0 Å². The molecule has 6 heteroatoms. The summed E-state index contributed by atoms with van der Waals surface area (Å²) in [5, 5.41) is 11.4. The van der Waals surface area contributed by atoms with Crippen LogP contribution < -0.4 is 20.9 Å². The van der Waals surface area contributed by atoms with Crippen molar-refractivity contribution >= 4 is 16.9 Å². The number of nitrogens with one attached hydrogen (secondary N) is 3. The van der Waals surface area contributed by atoms with Crippen LogP contribution in [0.2, 0.25) is 0 Å². The molecule has 0 bridgehead atoms. The molecule has 1 aliphatic rings. The summed E-state index contributed by atoms with van der Waals surface area (Å²) in [5.74, 6) is 0.817. The van der Waals surface area contributed by atoms with Gasteiger partial charge in [0.1, 0.15) is 0 Å². The van der Waals surface area contributed by atoms with Crippen molar-refractivity contribution in [3.8, 4) is 0 Å². The van der Waals surface area contributed by atoms with Crippen molar-refractivity contribution in [2.45, 2.75) is 0 Å². The van der Waals surface area contributed by atoms with Crippen LogP contribution in [0.15, 0.2) is 30.5 Å². The number of aromatic nitrogens is 2. The van der Waals surface area contributed by atoms with E-state index in [1.165, 1.54) is 0 Å². The highest BCUT2D eigenvalue weighted by molar-refractivity contribution is 5.78. The minimum atomic E-state index is 0.817. The molecule has 6 nitrogen and oxygen atoms in total. The van der Waals surface area contributed by atoms with Gasteiger partial charge in [0, 0.05) is 63.9 Å². The molecule has 0 unspecified atom stereocenters. The normalized spacial score (nSPS) is 18.6. The van der Waals surface area contributed by atoms with Crippen LogP contribution in [0.25, 0.3) is 10.9 Å². The molecular formula is C16H24N6. The molecule has 1 aliphatic heterocycles. The van der Waals surface area contributed by atoms with E-state index >= 15 is 0 Å². The molecular weight excluding hydrogens is 276 g/mol. The molecule has 0 spiro atoms. The molecule has 3 rings (SSSR count). The first-order chi connectivity index (χ1) is 10.9. The number of hydrogen-bond acceptors (Lipinski definition) is 6. The molecule has 1 saturated heterocycles. The predicted molar refractivity (Wildman–Crippen MR) is 90.4 cm³/mol. The Morgan fingerprint density at radius 1 is 0.818 bits per heavy atom. The highest BCUT2D eigenvalue weighted by Gasteiger charge is 2.10. The van der Waals surface area contributed by atoms with Crippen LogP contribution in [-0.4, -0.2) is 62.3 Å². The van der Waals surface area contributed by atoms with E-state index < -0.39 is 0 Å². The van der Waals surface area contributed by atoms with Crippen LogP contribution in [0.5, 0.6) is 0 Å². The Kier molecular flexibility index (Phi) is 5.53. The van der Waals surface area contributed by atoms with E-state index in [9.17, 15) is 0 Å². The molecule has 2 heterocycles. The summed E-state index contributed by atoms with van der Waals surface area (Å²) in [6, 6.07) is 8.12. The number of benzene rings is 1. The molecule has 0 radical (unpaired) electrons. The van der Waals surface area contributed by atoms with E-state index in [2.05, 4.69) is 25.8 Å². The van der Waals surface area contributed by atoms with E-state index in [-0.39, 0.29) is 0 Å². The Morgan fingerprint density at radius 2 is 1.45 bits per heavy atom. The Hall–Kier alpha value is -1.76. The van der Waals surface area contributed by atoms with Crippen molar-refractivity contribution in [2.24, 2.45) is 0 Å². The van der Waals surface area contributed by atoms with Gasteiger partial charge in [-0.1, -0.05) is 18.2 Å². The standard InChI is InChI=1S/C16H24N6/c1-2-4-15-14(3-1)13-20-16(21-15)22-11-9-18-7-5-17-6-8-19-10-12-22/h1-4,13,17-19H,5-12H2. The number of anilines is 1. The molecule has 22 heavy (non-hydrogen) atoms. The largest absolute Gasteiger partial charge is 0.338 e. The Bertz CT molecular complexity index is 576. The molecule has 0 saturated carbocycles. The summed E-state index contributed by atoms with van der Waals surface area (Å²) in [5.41, 5.74) is 1.00. The van der Waals surface area contributed by atoms with Gasteiger partial charge in [0.2, 0.25) is 5.95 Å². The van der Waals surface area contributed by atoms with E-state index in [1.54, 1.807) is 0 Å². The summed E-state index contributed by atoms with van der Waals surface area (Å²) >= 11 is 0. The van der Waals surface area contributed by atoms with Crippen molar-refractivity contribution in [1.29, 1.82) is 0 Å². The first-order valence-electron chi connectivity index (χ1n) is 8.02. The molecule has 2 aromatic rings. The second-order valence-electron chi connectivity index (χ2n) is 5.47. The molecule has 3 N–H and O–H groups in total. The summed E-state index contributed by atoms with van der Waals surface area (Å²) in [6.45, 7) is 7.72. The van der Waals surface area contributed by atoms with Gasteiger partial charge in [-0.05, 0) is 6.07 Å². The quantitative estimate of drug-likeness (QED) is 0.700. The molecule has 1 fully saturated rings. The lowest BCUT2D eigenvalue weighted by Gasteiger charge is -2.24. The fourth-order valence-corrected chi connectivity index (χ4v) is 2.58. The fourth-order valence-electron chi connectivity index (χ4n) is 2.58. The number of hydrogen-bond donors (Lipinski definition) is 3. The maximum absolute atomic E-state index is 4.71. The Labute approximate surface area is 131 Å². The molecule has 0 amide bonds. The molecule has 118 valence electrons. The van der Waals surface area contributed by atoms with Gasteiger partial charge in [-0.2, -0.15) is 0 Å². The van der Waals surface area contributed by atoms with E-state index in [0.717, 1.165) is 69.2 Å². The van der Waals surface area contributed by atoms with Crippen LogP contribution >= 0.6 is 0 Å². The third-order valence-electron chi connectivity index (χ3n) is 3.83. The third-order valence-corrected chi connectivity index (χ3v) is 3.83. The predicted octanol–water partition coefficient (Wildman–Crippen LogP) is 0.219. The van der Waals surface area contributed by atoms with Gasteiger partial charge in [0.05, 0.1) is 5.52 Å². The highest BCUT2D eigenvalue weighted by Crippen LogP contribution is 2.14. The Balaban J connectivity index is 1.72. The summed E-state index contributed by atoms with van der Waals surface area (Å²) in [7, 11) is 0. The van der Waals surface area contributed by atoms with Gasteiger partial charge >= 0.3 is 0 Å².